The predicted molar refractivity (Wildman–Crippen MR) is 440 cm³/mol. The molecule has 0 aliphatic carbocycles. The van der Waals surface area contributed by atoms with E-state index in [1.165, 1.54) is 0 Å². The molecule has 12 nitrogen and oxygen atoms in total. The van der Waals surface area contributed by atoms with E-state index in [0.717, 1.165) is 165 Å². The molecule has 0 radical (unpaired) electrons. The van der Waals surface area contributed by atoms with Crippen LogP contribution in [0.25, 0.3) is 97.3 Å². The zero-order valence-electron chi connectivity index (χ0n) is 63.7. The summed E-state index contributed by atoms with van der Waals surface area (Å²) >= 11 is 8.29. The van der Waals surface area contributed by atoms with Gasteiger partial charge in [0.2, 0.25) is 0 Å². The maximum Gasteiger partial charge on any atom is 0.261 e. The average Bonchev–Trinajstić information content (AvgIpc) is 0.674. The lowest BCUT2D eigenvalue weighted by atomic mass is 9.76. The second-order valence-corrected chi connectivity index (χ2v) is 33.1. The van der Waals surface area contributed by atoms with Crippen LogP contribution in [0.4, 0.5) is 0 Å². The number of unbranched alkanes of at least 4 members (excludes halogenated alkanes) is 16. The SMILES string of the molecule is CCCCCC(CCCCC)N1C(=O)c2ccc3c4c(Br)cc5c6c(cc(-c7cc8c9c(cc(Br)c%10c%11ccc%12c%13c(ccc(c7c9%10)c%13%11)C(=O)N(C(CCCCC)CCCCC)C%12=O)C(=O)N(C(CCCCC)CCCCC)C8=O)c(c7ccc(c2c37)C1=O)c64)C(=O)N(C(CCCCC)CCCCC)C5=O. The van der Waals surface area contributed by atoms with E-state index in [0.29, 0.717) is 191 Å². The van der Waals surface area contributed by atoms with E-state index in [1.807, 2.05) is 72.8 Å². The maximum absolute atomic E-state index is 16.6. The van der Waals surface area contributed by atoms with E-state index in [2.05, 4.69) is 87.2 Å². The highest BCUT2D eigenvalue weighted by molar-refractivity contribution is 9.11. The lowest BCUT2D eigenvalue weighted by Crippen LogP contribution is -2.47. The first-order valence-electron chi connectivity index (χ1n) is 41.0. The Morgan fingerprint density at radius 3 is 0.642 bits per heavy atom. The molecule has 14 heteroatoms. The summed E-state index contributed by atoms with van der Waals surface area (Å²) in [4.78, 5) is 134. The van der Waals surface area contributed by atoms with Gasteiger partial charge in [-0.25, -0.2) is 0 Å². The number of fused-ring (bicyclic) bond motifs is 4. The number of rotatable bonds is 37. The van der Waals surface area contributed by atoms with Gasteiger partial charge in [-0.15, -0.1) is 0 Å². The number of hydrogen-bond donors (Lipinski definition) is 0. The molecule has 0 N–H and O–H groups in total. The summed E-state index contributed by atoms with van der Waals surface area (Å²) in [7, 11) is 0. The van der Waals surface area contributed by atoms with E-state index in [1.54, 1.807) is 19.6 Å². The third-order valence-electron chi connectivity index (χ3n) is 24.6. The molecule has 0 aromatic heterocycles. The van der Waals surface area contributed by atoms with E-state index < -0.39 is 23.9 Å². The smallest absolute Gasteiger partial charge is 0.261 e. The Bertz CT molecular complexity index is 4780. The largest absolute Gasteiger partial charge is 0.271 e. The van der Waals surface area contributed by atoms with E-state index in [4.69, 9.17) is 0 Å². The van der Waals surface area contributed by atoms with Gasteiger partial charge >= 0.3 is 0 Å². The summed E-state index contributed by atoms with van der Waals surface area (Å²) < 4.78 is 1.21. The van der Waals surface area contributed by atoms with Crippen LogP contribution in [0.2, 0.25) is 0 Å². The van der Waals surface area contributed by atoms with Crippen LogP contribution in [0.15, 0.2) is 81.7 Å². The fourth-order valence-corrected chi connectivity index (χ4v) is 20.6. The summed E-state index contributed by atoms with van der Waals surface area (Å²) in [6.07, 6.45) is 28.0. The molecule has 0 atom stereocenters. The van der Waals surface area contributed by atoms with E-state index in [9.17, 15) is 0 Å². The van der Waals surface area contributed by atoms with E-state index in [-0.39, 0.29) is 47.5 Å². The molecule has 554 valence electrons. The van der Waals surface area contributed by atoms with Crippen molar-refractivity contribution >= 4 is 165 Å². The van der Waals surface area contributed by atoms with Gasteiger partial charge in [0.05, 0.1) is 0 Å². The molecule has 10 aromatic carbocycles. The molecule has 0 saturated carbocycles. The van der Waals surface area contributed by atoms with Gasteiger partial charge in [-0.05, 0) is 154 Å². The molecule has 0 bridgehead atoms. The topological polar surface area (TPSA) is 150 Å². The standard InChI is InChI=1S/C92H104Br2N4O8/c1-9-17-25-33-53(34-26-18-10-2)95-85(99)61-45-41-57-73-59(43-47-63(77(61)73)87(95)101)81-71(93)51-69-79-67(89(103)97(91(69)105)55(37-29-21-13-5)38-30-22-14-6)49-65(75(57)83(79)81)66-50-68-80-70(92(106)98(90(68)104)56(39-31-23-15-7)40-32-24-16-8)52-72(94)82-60-44-48-64-78-62(46-42-58(74(60)78)76(66)84(80)82)86(100)96(88(64)102)54(35-27-19-11-3)36-28-20-12-4/h41-56H,9-40H2,1-8H3. The van der Waals surface area contributed by atoms with Crippen LogP contribution in [0.5, 0.6) is 0 Å². The molecule has 106 heavy (non-hydrogen) atoms. The Labute approximate surface area is 641 Å². The Hall–Kier alpha value is -7.68. The average molecular weight is 1550 g/mol. The molecule has 0 unspecified atom stereocenters. The molecule has 0 saturated heterocycles. The fraction of sp³-hybridized carbons (Fsp3) is 0.478. The minimum Gasteiger partial charge on any atom is -0.271 e. The first-order chi connectivity index (χ1) is 51.6. The zero-order chi connectivity index (χ0) is 74.5. The molecule has 4 aliphatic rings. The van der Waals surface area contributed by atoms with Crippen LogP contribution in [0.3, 0.4) is 0 Å². The number of carbonyl (C=O) groups excluding carboxylic acids is 8. The summed E-state index contributed by atoms with van der Waals surface area (Å²) in [5.74, 6) is -2.82. The highest BCUT2D eigenvalue weighted by atomic mass is 79.9. The normalized spacial score (nSPS) is 14.8. The summed E-state index contributed by atoms with van der Waals surface area (Å²) in [5, 5.41) is 10.3. The molecule has 0 spiro atoms. The number of hydrogen-bond acceptors (Lipinski definition) is 8. The molecule has 0 fully saturated rings. The maximum atomic E-state index is 16.6. The lowest BCUT2D eigenvalue weighted by molar-refractivity contribution is 0.0501. The minimum absolute atomic E-state index is 0.291. The lowest BCUT2D eigenvalue weighted by Gasteiger charge is -2.37. The van der Waals surface area contributed by atoms with Crippen molar-refractivity contribution in [2.24, 2.45) is 0 Å². The molecular formula is C92H104Br2N4O8. The third-order valence-corrected chi connectivity index (χ3v) is 25.8. The Morgan fingerprint density at radius 2 is 0.415 bits per heavy atom. The molecule has 4 heterocycles. The number of carbonyl (C=O) groups is 8. The molecule has 8 amide bonds. The van der Waals surface area contributed by atoms with Crippen LogP contribution >= 0.6 is 31.9 Å². The van der Waals surface area contributed by atoms with Crippen molar-refractivity contribution in [2.75, 3.05) is 0 Å². The first kappa shape index (κ1) is 75.1. The van der Waals surface area contributed by atoms with Gasteiger partial charge in [-0.3, -0.25) is 58.0 Å². The molecule has 14 rings (SSSR count). The van der Waals surface area contributed by atoms with Gasteiger partial charge in [-0.1, -0.05) is 266 Å². The number of benzene rings is 10. The van der Waals surface area contributed by atoms with Crippen molar-refractivity contribution in [1.82, 2.24) is 19.6 Å². The highest BCUT2D eigenvalue weighted by Crippen LogP contribution is 2.57. The predicted octanol–water partition coefficient (Wildman–Crippen LogP) is 25.5. The Balaban J connectivity index is 1.13. The zero-order valence-corrected chi connectivity index (χ0v) is 66.8. The van der Waals surface area contributed by atoms with Crippen molar-refractivity contribution in [2.45, 2.75) is 285 Å². The number of halogens is 2. The van der Waals surface area contributed by atoms with Gasteiger partial charge in [-0.2, -0.15) is 0 Å². The van der Waals surface area contributed by atoms with Crippen LogP contribution < -0.4 is 0 Å². The molecule has 4 aliphatic heterocycles. The van der Waals surface area contributed by atoms with Crippen molar-refractivity contribution in [1.29, 1.82) is 0 Å². The molecule has 10 aromatic rings. The number of imide groups is 4. The quantitative estimate of drug-likeness (QED) is 0.0162. The second-order valence-electron chi connectivity index (χ2n) is 31.4. The van der Waals surface area contributed by atoms with Crippen molar-refractivity contribution in [3.05, 3.63) is 126 Å². The fourth-order valence-electron chi connectivity index (χ4n) is 19.3. The monoisotopic (exact) mass is 1550 g/mol. The van der Waals surface area contributed by atoms with Gasteiger partial charge < -0.3 is 0 Å². The third kappa shape index (κ3) is 12.5. The van der Waals surface area contributed by atoms with Crippen LogP contribution in [-0.2, 0) is 0 Å². The van der Waals surface area contributed by atoms with Crippen LogP contribution in [0, 0.1) is 0 Å². The first-order valence-corrected chi connectivity index (χ1v) is 42.5. The minimum atomic E-state index is -0.402. The van der Waals surface area contributed by atoms with Gasteiger partial charge in [0.25, 0.3) is 47.3 Å². The summed E-state index contributed by atoms with van der Waals surface area (Å²) in [6, 6.07) is 21.8. The Kier molecular flexibility index (Phi) is 22.6. The second kappa shape index (κ2) is 31.9. The highest BCUT2D eigenvalue weighted by Gasteiger charge is 2.46. The van der Waals surface area contributed by atoms with Crippen molar-refractivity contribution in [3.8, 4) is 11.1 Å². The molecular weight excluding hydrogens is 1450 g/mol. The van der Waals surface area contributed by atoms with Crippen LogP contribution in [-0.4, -0.2) is 91.0 Å². The summed E-state index contributed by atoms with van der Waals surface area (Å²) in [5.41, 5.74) is 4.30. The Morgan fingerprint density at radius 1 is 0.217 bits per heavy atom. The van der Waals surface area contributed by atoms with E-state index >= 15 is 38.4 Å². The van der Waals surface area contributed by atoms with Crippen molar-refractivity contribution < 1.29 is 38.4 Å². The number of nitrogens with zero attached hydrogens (tertiary/aromatic N) is 4. The van der Waals surface area contributed by atoms with Crippen molar-refractivity contribution in [3.63, 3.8) is 0 Å². The summed E-state index contributed by atoms with van der Waals surface area (Å²) in [6.45, 7) is 17.3. The number of amides is 8. The van der Waals surface area contributed by atoms with Crippen LogP contribution in [0.1, 0.15) is 344 Å². The van der Waals surface area contributed by atoms with Gasteiger partial charge in [0.15, 0.2) is 0 Å². The van der Waals surface area contributed by atoms with Gasteiger partial charge in [0.1, 0.15) is 0 Å². The van der Waals surface area contributed by atoms with Gasteiger partial charge in [0, 0.05) is 121 Å².